The van der Waals surface area contributed by atoms with Crippen molar-refractivity contribution in [3.8, 4) is 0 Å². The standard InChI is InChI=1S/C11H22N2O/c14-7-3-1-2-6-13-8-10-4-5-12-11(10)9-13/h10-12,14H,1-9H2/t10-,11+/m0/s1. The van der Waals surface area contributed by atoms with Gasteiger partial charge >= 0.3 is 0 Å². The molecule has 0 aromatic carbocycles. The normalized spacial score (nSPS) is 32.4. The highest BCUT2D eigenvalue weighted by Crippen LogP contribution is 2.24. The van der Waals surface area contributed by atoms with E-state index in [1.54, 1.807) is 0 Å². The number of unbranched alkanes of at least 4 members (excludes halogenated alkanes) is 2. The minimum absolute atomic E-state index is 0.354. The molecule has 2 fully saturated rings. The molecule has 0 spiro atoms. The van der Waals surface area contributed by atoms with Gasteiger partial charge in [0, 0.05) is 25.7 Å². The van der Waals surface area contributed by atoms with Crippen LogP contribution < -0.4 is 5.32 Å². The van der Waals surface area contributed by atoms with Crippen molar-refractivity contribution in [1.29, 1.82) is 0 Å². The van der Waals surface area contributed by atoms with Gasteiger partial charge in [-0.1, -0.05) is 0 Å². The fraction of sp³-hybridized carbons (Fsp3) is 1.00. The van der Waals surface area contributed by atoms with Gasteiger partial charge in [0.05, 0.1) is 0 Å². The molecule has 2 N–H and O–H groups in total. The Kier molecular flexibility index (Phi) is 3.79. The van der Waals surface area contributed by atoms with E-state index in [1.807, 2.05) is 0 Å². The van der Waals surface area contributed by atoms with Crippen molar-refractivity contribution in [2.45, 2.75) is 31.7 Å². The highest BCUT2D eigenvalue weighted by Gasteiger charge is 2.35. The minimum atomic E-state index is 0.354. The molecule has 2 aliphatic heterocycles. The summed E-state index contributed by atoms with van der Waals surface area (Å²) in [6.07, 6.45) is 4.77. The van der Waals surface area contributed by atoms with Gasteiger partial charge in [0.2, 0.25) is 0 Å². The first-order valence-electron chi connectivity index (χ1n) is 5.97. The lowest BCUT2D eigenvalue weighted by Crippen LogP contribution is -2.30. The zero-order valence-corrected chi connectivity index (χ0v) is 8.91. The van der Waals surface area contributed by atoms with Gasteiger partial charge in [-0.15, -0.1) is 0 Å². The second kappa shape index (κ2) is 5.10. The van der Waals surface area contributed by atoms with E-state index in [4.69, 9.17) is 5.11 Å². The lowest BCUT2D eigenvalue weighted by Gasteiger charge is -2.16. The zero-order valence-electron chi connectivity index (χ0n) is 8.91. The Morgan fingerprint density at radius 2 is 2.14 bits per heavy atom. The zero-order chi connectivity index (χ0) is 9.80. The molecule has 2 rings (SSSR count). The molecule has 14 heavy (non-hydrogen) atoms. The third-order valence-corrected chi connectivity index (χ3v) is 3.57. The molecule has 0 aromatic rings. The van der Waals surface area contributed by atoms with Crippen LogP contribution in [-0.2, 0) is 0 Å². The van der Waals surface area contributed by atoms with Crippen LogP contribution >= 0.6 is 0 Å². The number of fused-ring (bicyclic) bond motifs is 1. The van der Waals surface area contributed by atoms with Crippen LogP contribution in [0.2, 0.25) is 0 Å². The molecule has 0 saturated carbocycles. The summed E-state index contributed by atoms with van der Waals surface area (Å²) in [5, 5.41) is 12.2. The van der Waals surface area contributed by atoms with Crippen LogP contribution in [0.5, 0.6) is 0 Å². The Labute approximate surface area is 86.5 Å². The Morgan fingerprint density at radius 3 is 2.93 bits per heavy atom. The van der Waals surface area contributed by atoms with Crippen LogP contribution in [0, 0.1) is 5.92 Å². The number of likely N-dealkylation sites (tertiary alicyclic amines) is 1. The summed E-state index contributed by atoms with van der Waals surface area (Å²) >= 11 is 0. The van der Waals surface area contributed by atoms with Crippen molar-refractivity contribution >= 4 is 0 Å². The second-order valence-corrected chi connectivity index (χ2v) is 4.65. The fourth-order valence-corrected chi connectivity index (χ4v) is 2.75. The summed E-state index contributed by atoms with van der Waals surface area (Å²) in [6.45, 7) is 5.37. The topological polar surface area (TPSA) is 35.5 Å². The van der Waals surface area contributed by atoms with Gasteiger partial charge in [0.15, 0.2) is 0 Å². The number of nitrogens with zero attached hydrogens (tertiary/aromatic N) is 1. The van der Waals surface area contributed by atoms with E-state index in [9.17, 15) is 0 Å². The van der Waals surface area contributed by atoms with E-state index < -0.39 is 0 Å². The Morgan fingerprint density at radius 1 is 1.21 bits per heavy atom. The smallest absolute Gasteiger partial charge is 0.0431 e. The van der Waals surface area contributed by atoms with Crippen molar-refractivity contribution in [3.63, 3.8) is 0 Å². The molecule has 0 bridgehead atoms. The van der Waals surface area contributed by atoms with Crippen LogP contribution in [0.25, 0.3) is 0 Å². The van der Waals surface area contributed by atoms with Crippen LogP contribution in [0.15, 0.2) is 0 Å². The Balaban J connectivity index is 1.60. The van der Waals surface area contributed by atoms with Crippen molar-refractivity contribution < 1.29 is 5.11 Å². The molecule has 0 aliphatic carbocycles. The van der Waals surface area contributed by atoms with Crippen molar-refractivity contribution in [1.82, 2.24) is 10.2 Å². The maximum Gasteiger partial charge on any atom is 0.0431 e. The minimum Gasteiger partial charge on any atom is -0.396 e. The number of nitrogens with one attached hydrogen (secondary N) is 1. The van der Waals surface area contributed by atoms with Crippen LogP contribution in [-0.4, -0.2) is 48.8 Å². The molecule has 0 unspecified atom stereocenters. The van der Waals surface area contributed by atoms with E-state index in [-0.39, 0.29) is 0 Å². The van der Waals surface area contributed by atoms with Crippen molar-refractivity contribution in [2.75, 3.05) is 32.8 Å². The van der Waals surface area contributed by atoms with Crippen molar-refractivity contribution in [3.05, 3.63) is 0 Å². The third-order valence-electron chi connectivity index (χ3n) is 3.57. The lowest BCUT2D eigenvalue weighted by molar-refractivity contribution is 0.269. The number of aliphatic hydroxyl groups is 1. The quantitative estimate of drug-likeness (QED) is 0.629. The molecule has 3 nitrogen and oxygen atoms in total. The highest BCUT2D eigenvalue weighted by atomic mass is 16.2. The molecule has 2 aliphatic rings. The summed E-state index contributed by atoms with van der Waals surface area (Å²) in [6, 6.07) is 0.785. The van der Waals surface area contributed by atoms with Crippen LogP contribution in [0.4, 0.5) is 0 Å². The van der Waals surface area contributed by atoms with Crippen molar-refractivity contribution in [2.24, 2.45) is 5.92 Å². The average Bonchev–Trinajstić information content (AvgIpc) is 2.72. The van der Waals surface area contributed by atoms with Gasteiger partial charge in [0.25, 0.3) is 0 Å². The Bertz CT molecular complexity index is 163. The van der Waals surface area contributed by atoms with Gasteiger partial charge < -0.3 is 15.3 Å². The molecular formula is C11H22N2O. The first kappa shape index (κ1) is 10.4. The maximum absolute atomic E-state index is 8.67. The third kappa shape index (κ3) is 2.47. The summed E-state index contributed by atoms with van der Waals surface area (Å²) < 4.78 is 0. The maximum atomic E-state index is 8.67. The van der Waals surface area contributed by atoms with Gasteiger partial charge in [-0.05, 0) is 44.7 Å². The summed E-state index contributed by atoms with van der Waals surface area (Å²) in [7, 11) is 0. The van der Waals surface area contributed by atoms with Gasteiger partial charge in [-0.2, -0.15) is 0 Å². The van der Waals surface area contributed by atoms with E-state index >= 15 is 0 Å². The Hall–Kier alpha value is -0.120. The highest BCUT2D eigenvalue weighted by molar-refractivity contribution is 4.93. The SMILES string of the molecule is OCCCCCN1C[C@@H]2CCN[C@@H]2C1. The molecule has 2 heterocycles. The van der Waals surface area contributed by atoms with E-state index in [0.29, 0.717) is 6.61 Å². The molecule has 0 amide bonds. The lowest BCUT2D eigenvalue weighted by atomic mass is 10.1. The molecule has 2 saturated heterocycles. The number of hydrogen-bond donors (Lipinski definition) is 2. The second-order valence-electron chi connectivity index (χ2n) is 4.65. The fourth-order valence-electron chi connectivity index (χ4n) is 2.75. The van der Waals surface area contributed by atoms with Gasteiger partial charge in [0.1, 0.15) is 0 Å². The molecule has 2 atom stereocenters. The van der Waals surface area contributed by atoms with E-state index in [1.165, 1.54) is 45.4 Å². The molecular weight excluding hydrogens is 176 g/mol. The molecule has 3 heteroatoms. The van der Waals surface area contributed by atoms with E-state index in [0.717, 1.165) is 18.4 Å². The number of rotatable bonds is 5. The summed E-state index contributed by atoms with van der Waals surface area (Å²) in [4.78, 5) is 2.58. The van der Waals surface area contributed by atoms with Crippen LogP contribution in [0.1, 0.15) is 25.7 Å². The largest absolute Gasteiger partial charge is 0.396 e. The summed E-state index contributed by atoms with van der Waals surface area (Å²) in [5.74, 6) is 0.924. The molecule has 0 aromatic heterocycles. The van der Waals surface area contributed by atoms with E-state index in [2.05, 4.69) is 10.2 Å². The monoisotopic (exact) mass is 198 g/mol. The van der Waals surface area contributed by atoms with Gasteiger partial charge in [-0.25, -0.2) is 0 Å². The predicted octanol–water partition coefficient (Wildman–Crippen LogP) is 0.443. The molecule has 0 radical (unpaired) electrons. The number of aliphatic hydroxyl groups excluding tert-OH is 1. The summed E-state index contributed by atoms with van der Waals surface area (Å²) in [5.41, 5.74) is 0. The number of hydrogen-bond acceptors (Lipinski definition) is 3. The predicted molar refractivity (Wildman–Crippen MR) is 57.3 cm³/mol. The first-order chi connectivity index (χ1) is 6.90. The average molecular weight is 198 g/mol. The first-order valence-corrected chi connectivity index (χ1v) is 5.97. The van der Waals surface area contributed by atoms with Crippen LogP contribution in [0.3, 0.4) is 0 Å². The van der Waals surface area contributed by atoms with Gasteiger partial charge in [-0.3, -0.25) is 0 Å². The molecule has 82 valence electrons.